The molecule has 4 N–H and O–H groups in total. The second-order valence-corrected chi connectivity index (χ2v) is 7.78. The molecule has 3 fully saturated rings. The van der Waals surface area contributed by atoms with E-state index in [1.807, 2.05) is 0 Å². The number of ether oxygens (including phenoxy) is 5. The van der Waals surface area contributed by atoms with Gasteiger partial charge in [-0.25, -0.2) is 4.18 Å². The van der Waals surface area contributed by atoms with Gasteiger partial charge >= 0.3 is 10.4 Å². The van der Waals surface area contributed by atoms with Crippen LogP contribution in [0.5, 0.6) is 0 Å². The minimum atomic E-state index is -4.82. The molecule has 27 heavy (non-hydrogen) atoms. The highest BCUT2D eigenvalue weighted by Crippen LogP contribution is 2.36. The quantitative estimate of drug-likeness (QED) is 0.334. The van der Waals surface area contributed by atoms with E-state index in [-0.39, 0.29) is 6.61 Å². The van der Waals surface area contributed by atoms with Crippen LogP contribution in [-0.2, 0) is 38.3 Å². The fraction of sp³-hybridized carbons (Fsp3) is 1.00. The molecule has 0 aromatic rings. The number of methoxy groups -OCH3 is 1. The summed E-state index contributed by atoms with van der Waals surface area (Å²) in [5.41, 5.74) is 0. The van der Waals surface area contributed by atoms with E-state index >= 15 is 0 Å². The average molecular weight is 416 g/mol. The van der Waals surface area contributed by atoms with E-state index in [9.17, 15) is 23.7 Å². The highest BCUT2D eigenvalue weighted by atomic mass is 32.3. The van der Waals surface area contributed by atoms with Crippen molar-refractivity contribution in [1.82, 2.24) is 0 Å². The molecule has 13 heteroatoms. The lowest BCUT2D eigenvalue weighted by molar-refractivity contribution is -0.329. The summed E-state index contributed by atoms with van der Waals surface area (Å²) in [6, 6.07) is 0. The Kier molecular flexibility index (Phi) is 6.39. The number of fused-ring (bicyclic) bond motifs is 2. The van der Waals surface area contributed by atoms with Crippen molar-refractivity contribution >= 4 is 10.4 Å². The van der Waals surface area contributed by atoms with E-state index in [0.29, 0.717) is 0 Å². The van der Waals surface area contributed by atoms with E-state index in [4.69, 9.17) is 28.2 Å². The fourth-order valence-corrected chi connectivity index (χ4v) is 4.18. The summed E-state index contributed by atoms with van der Waals surface area (Å²) in [6.45, 7) is 0.957. The topological polar surface area (TPSA) is 170 Å². The van der Waals surface area contributed by atoms with Gasteiger partial charge in [0.2, 0.25) is 0 Å². The molecule has 3 heterocycles. The molecular weight excluding hydrogens is 392 g/mol. The molecule has 0 saturated carbocycles. The number of hydrogen-bond donors (Lipinski definition) is 4. The van der Waals surface area contributed by atoms with Crippen molar-refractivity contribution in [2.24, 2.45) is 5.92 Å². The molecule has 3 rings (SSSR count). The Morgan fingerprint density at radius 1 is 1.11 bits per heavy atom. The van der Waals surface area contributed by atoms with Gasteiger partial charge in [0.15, 0.2) is 12.6 Å². The van der Waals surface area contributed by atoms with Gasteiger partial charge in [0.1, 0.15) is 42.7 Å². The van der Waals surface area contributed by atoms with Crippen LogP contribution < -0.4 is 0 Å². The van der Waals surface area contributed by atoms with E-state index in [1.54, 1.807) is 0 Å². The summed E-state index contributed by atoms with van der Waals surface area (Å²) in [5, 5.41) is 30.2. The summed E-state index contributed by atoms with van der Waals surface area (Å²) in [4.78, 5) is 0. The molecule has 0 aromatic heterocycles. The van der Waals surface area contributed by atoms with Crippen molar-refractivity contribution < 1.29 is 56.2 Å². The van der Waals surface area contributed by atoms with Crippen LogP contribution >= 0.6 is 0 Å². The van der Waals surface area contributed by atoms with Gasteiger partial charge in [-0.2, -0.15) is 8.42 Å². The van der Waals surface area contributed by atoms with Crippen molar-refractivity contribution in [3.63, 3.8) is 0 Å². The zero-order valence-electron chi connectivity index (χ0n) is 14.7. The van der Waals surface area contributed by atoms with Gasteiger partial charge < -0.3 is 39.0 Å². The van der Waals surface area contributed by atoms with Gasteiger partial charge in [-0.15, -0.1) is 0 Å². The number of hydrogen-bond acceptors (Lipinski definition) is 11. The van der Waals surface area contributed by atoms with E-state index in [2.05, 4.69) is 4.18 Å². The maximum atomic E-state index is 11.0. The van der Waals surface area contributed by atoms with Crippen LogP contribution in [0.25, 0.3) is 0 Å². The second kappa shape index (κ2) is 8.12. The summed E-state index contributed by atoms with van der Waals surface area (Å²) >= 11 is 0. The van der Waals surface area contributed by atoms with E-state index in [1.165, 1.54) is 14.0 Å². The second-order valence-electron chi connectivity index (χ2n) is 6.73. The predicted molar refractivity (Wildman–Crippen MR) is 83.6 cm³/mol. The molecule has 0 aliphatic carbocycles. The summed E-state index contributed by atoms with van der Waals surface area (Å²) in [6.07, 6.45) is -9.27. The first-order valence-corrected chi connectivity index (χ1v) is 9.76. The summed E-state index contributed by atoms with van der Waals surface area (Å²) in [5.74, 6) is -0.873. The van der Waals surface area contributed by atoms with E-state index in [0.717, 1.165) is 0 Å². The van der Waals surface area contributed by atoms with Gasteiger partial charge in [-0.05, 0) is 0 Å². The minimum Gasteiger partial charge on any atom is -0.394 e. The van der Waals surface area contributed by atoms with Gasteiger partial charge in [-0.3, -0.25) is 4.55 Å². The average Bonchev–Trinajstić information content (AvgIpc) is 2.91. The fourth-order valence-electron chi connectivity index (χ4n) is 3.60. The van der Waals surface area contributed by atoms with Crippen LogP contribution in [0.15, 0.2) is 0 Å². The Bertz CT molecular complexity index is 611. The van der Waals surface area contributed by atoms with Crippen molar-refractivity contribution in [2.75, 3.05) is 20.3 Å². The summed E-state index contributed by atoms with van der Waals surface area (Å²) < 4.78 is 62.7. The van der Waals surface area contributed by atoms with Gasteiger partial charge in [0.05, 0.1) is 13.2 Å². The molecule has 0 amide bonds. The molecule has 0 spiro atoms. The molecule has 3 aliphatic rings. The van der Waals surface area contributed by atoms with Crippen LogP contribution in [0.4, 0.5) is 0 Å². The van der Waals surface area contributed by atoms with E-state index < -0.39 is 78.2 Å². The normalized spacial score (nSPS) is 47.9. The van der Waals surface area contributed by atoms with Gasteiger partial charge in [0, 0.05) is 13.0 Å². The molecule has 0 aromatic carbocycles. The molecular formula is C14H24O12S. The van der Waals surface area contributed by atoms with Crippen LogP contribution in [0.1, 0.15) is 6.92 Å². The van der Waals surface area contributed by atoms with Crippen molar-refractivity contribution in [3.05, 3.63) is 0 Å². The Hall–Kier alpha value is -0.450. The smallest absolute Gasteiger partial charge is 0.394 e. The maximum absolute atomic E-state index is 11.0. The van der Waals surface area contributed by atoms with Crippen molar-refractivity contribution in [3.8, 4) is 0 Å². The molecule has 12 nitrogen and oxygen atoms in total. The lowest BCUT2D eigenvalue weighted by Gasteiger charge is -2.44. The number of aliphatic hydroxyl groups excluding tert-OH is 3. The Morgan fingerprint density at radius 2 is 1.81 bits per heavy atom. The number of aliphatic hydroxyl groups is 3. The maximum Gasteiger partial charge on any atom is 0.397 e. The molecule has 2 bridgehead atoms. The summed E-state index contributed by atoms with van der Waals surface area (Å²) in [7, 11) is -3.44. The number of rotatable bonds is 6. The van der Waals surface area contributed by atoms with Crippen LogP contribution in [-0.4, -0.2) is 104 Å². The van der Waals surface area contributed by atoms with Crippen LogP contribution in [0, 0.1) is 5.92 Å². The van der Waals surface area contributed by atoms with Crippen LogP contribution in [0.3, 0.4) is 0 Å². The third-order valence-electron chi connectivity index (χ3n) is 5.01. The highest BCUT2D eigenvalue weighted by Gasteiger charge is 2.55. The Labute approximate surface area is 155 Å². The minimum absolute atomic E-state index is 0.141. The van der Waals surface area contributed by atoms with Crippen molar-refractivity contribution in [1.29, 1.82) is 0 Å². The van der Waals surface area contributed by atoms with Crippen molar-refractivity contribution in [2.45, 2.75) is 62.2 Å². The predicted octanol–water partition coefficient (Wildman–Crippen LogP) is -2.60. The first-order chi connectivity index (χ1) is 12.7. The first kappa shape index (κ1) is 21.3. The monoisotopic (exact) mass is 416 g/mol. The lowest BCUT2D eigenvalue weighted by atomic mass is 9.90. The largest absolute Gasteiger partial charge is 0.397 e. The third-order valence-corrected chi connectivity index (χ3v) is 5.48. The van der Waals surface area contributed by atoms with Gasteiger partial charge in [0.25, 0.3) is 0 Å². The highest BCUT2D eigenvalue weighted by molar-refractivity contribution is 7.80. The molecule has 10 atom stereocenters. The molecule has 3 saturated heterocycles. The Morgan fingerprint density at radius 3 is 2.41 bits per heavy atom. The van der Waals surface area contributed by atoms with Crippen LogP contribution in [0.2, 0.25) is 0 Å². The third kappa shape index (κ3) is 4.28. The first-order valence-electron chi connectivity index (χ1n) is 8.39. The Balaban J connectivity index is 1.71. The zero-order valence-corrected chi connectivity index (χ0v) is 15.5. The molecule has 4 unspecified atom stereocenters. The molecule has 158 valence electrons. The molecule has 0 radical (unpaired) electrons. The standard InChI is InChI=1S/C14H24O12S/c1-5-8(16)14(23-6(3-15)10(5)26-27(18,19)20)25-11-7-4-22-12(11)9(17)13(21-2)24-7/h5-17H,3-4H2,1-2H3,(H,18,19,20)/t5-,6?,7?,8?,9-,10-,11+,12?,13+,14+/m1/s1. The lowest BCUT2D eigenvalue weighted by Crippen LogP contribution is -2.60. The van der Waals surface area contributed by atoms with Gasteiger partial charge in [-0.1, -0.05) is 6.92 Å². The molecule has 3 aliphatic heterocycles. The SMILES string of the molecule is CO[C@H]1OC2COC([C@H]2O[C@@H]2OC(CO)[C@H](OS(=O)(=O)O)[C@H](C)C2O)[C@H]1O. The zero-order chi connectivity index (χ0) is 19.9.